The topological polar surface area (TPSA) is 37.8 Å². The van der Waals surface area contributed by atoms with Crippen molar-refractivity contribution in [3.8, 4) is 0 Å². The molecule has 0 aliphatic heterocycles. The second kappa shape index (κ2) is 6.37. The van der Waals surface area contributed by atoms with Gasteiger partial charge in [0.2, 0.25) is 0 Å². The fourth-order valence-electron chi connectivity index (χ4n) is 2.01. The second-order valence-corrected chi connectivity index (χ2v) is 6.19. The van der Waals surface area contributed by atoms with Gasteiger partial charge in [-0.05, 0) is 37.5 Å². The molecule has 1 fully saturated rings. The van der Waals surface area contributed by atoms with Gasteiger partial charge in [0.15, 0.2) is 0 Å². The van der Waals surface area contributed by atoms with Crippen LogP contribution >= 0.6 is 11.8 Å². The number of hydrogen-bond acceptors (Lipinski definition) is 4. The predicted molar refractivity (Wildman–Crippen MR) is 82.6 cm³/mol. The normalized spacial score (nSPS) is 14.4. The molecular weight excluding hydrogens is 266 g/mol. The van der Waals surface area contributed by atoms with Crippen LogP contribution in [0.3, 0.4) is 0 Å². The summed E-state index contributed by atoms with van der Waals surface area (Å²) in [5.41, 5.74) is 2.40. The van der Waals surface area contributed by atoms with E-state index in [4.69, 9.17) is 0 Å². The highest BCUT2D eigenvalue weighted by Crippen LogP contribution is 2.24. The molecule has 1 aliphatic rings. The maximum atomic E-state index is 4.62. The van der Waals surface area contributed by atoms with Gasteiger partial charge in [0, 0.05) is 23.7 Å². The van der Waals surface area contributed by atoms with Gasteiger partial charge in [0.1, 0.15) is 5.82 Å². The van der Waals surface area contributed by atoms with Crippen LogP contribution in [0.5, 0.6) is 0 Å². The Kier molecular flexibility index (Phi) is 4.33. The van der Waals surface area contributed by atoms with E-state index in [1.54, 1.807) is 11.8 Å². The monoisotopic (exact) mass is 285 g/mol. The Bertz CT molecular complexity index is 581. The minimum absolute atomic E-state index is 0.717. The van der Waals surface area contributed by atoms with Gasteiger partial charge in [-0.15, -0.1) is 11.8 Å². The van der Waals surface area contributed by atoms with Crippen molar-refractivity contribution in [2.45, 2.75) is 43.0 Å². The van der Waals surface area contributed by atoms with E-state index < -0.39 is 0 Å². The molecule has 1 aliphatic carbocycles. The molecule has 0 saturated heterocycles. The van der Waals surface area contributed by atoms with Crippen LogP contribution in [0.15, 0.2) is 41.4 Å². The van der Waals surface area contributed by atoms with Gasteiger partial charge in [-0.25, -0.2) is 9.97 Å². The summed E-state index contributed by atoms with van der Waals surface area (Å²) in [5, 5.41) is 3.49. The fraction of sp³-hybridized carbons (Fsp3) is 0.375. The summed E-state index contributed by atoms with van der Waals surface area (Å²) in [4.78, 5) is 10.3. The summed E-state index contributed by atoms with van der Waals surface area (Å²) in [6, 6.07) is 11.1. The predicted octanol–water partition coefficient (Wildman–Crippen LogP) is 3.33. The molecule has 1 aromatic carbocycles. The maximum Gasteiger partial charge on any atom is 0.138 e. The van der Waals surface area contributed by atoms with Crippen LogP contribution in [0.4, 0.5) is 0 Å². The first-order valence-corrected chi connectivity index (χ1v) is 8.02. The van der Waals surface area contributed by atoms with Crippen molar-refractivity contribution in [2.75, 3.05) is 0 Å². The molecule has 0 amide bonds. The highest BCUT2D eigenvalue weighted by atomic mass is 32.2. The quantitative estimate of drug-likeness (QED) is 0.826. The van der Waals surface area contributed by atoms with Crippen molar-refractivity contribution in [3.05, 3.63) is 53.6 Å². The van der Waals surface area contributed by atoms with Gasteiger partial charge in [-0.3, -0.25) is 0 Å². The third-order valence-corrected chi connectivity index (χ3v) is 4.53. The van der Waals surface area contributed by atoms with Crippen molar-refractivity contribution in [1.29, 1.82) is 0 Å². The Morgan fingerprint density at radius 3 is 2.90 bits per heavy atom. The van der Waals surface area contributed by atoms with E-state index in [1.807, 2.05) is 12.3 Å². The molecule has 1 heterocycles. The molecule has 1 N–H and O–H groups in total. The van der Waals surface area contributed by atoms with Crippen molar-refractivity contribution >= 4 is 11.8 Å². The third-order valence-electron chi connectivity index (χ3n) is 3.36. The average Bonchev–Trinajstić information content (AvgIpc) is 3.29. The molecule has 1 aromatic heterocycles. The van der Waals surface area contributed by atoms with Crippen LogP contribution in [-0.2, 0) is 12.3 Å². The molecule has 3 nitrogen and oxygen atoms in total. The Hall–Kier alpha value is -1.39. The summed E-state index contributed by atoms with van der Waals surface area (Å²) in [6.07, 6.45) is 4.48. The molecule has 0 radical (unpaired) electrons. The van der Waals surface area contributed by atoms with E-state index >= 15 is 0 Å². The number of aromatic nitrogens is 2. The maximum absolute atomic E-state index is 4.62. The highest BCUT2D eigenvalue weighted by Gasteiger charge is 2.20. The lowest BCUT2D eigenvalue weighted by atomic mass is 10.2. The van der Waals surface area contributed by atoms with E-state index in [1.165, 1.54) is 23.3 Å². The summed E-state index contributed by atoms with van der Waals surface area (Å²) in [5.74, 6) is 1.73. The lowest BCUT2D eigenvalue weighted by Gasteiger charge is -2.06. The van der Waals surface area contributed by atoms with Crippen LogP contribution in [-0.4, -0.2) is 16.0 Å². The number of benzene rings is 1. The zero-order valence-corrected chi connectivity index (χ0v) is 12.5. The first-order valence-electron chi connectivity index (χ1n) is 7.04. The zero-order chi connectivity index (χ0) is 13.8. The number of nitrogens with zero attached hydrogens (tertiary/aromatic N) is 2. The van der Waals surface area contributed by atoms with Gasteiger partial charge in [0.25, 0.3) is 0 Å². The van der Waals surface area contributed by atoms with E-state index in [-0.39, 0.29) is 0 Å². The summed E-state index contributed by atoms with van der Waals surface area (Å²) in [7, 11) is 0. The largest absolute Gasteiger partial charge is 0.308 e. The van der Waals surface area contributed by atoms with Gasteiger partial charge in [0.05, 0.1) is 11.4 Å². The molecular formula is C16H19N3S. The Labute approximate surface area is 124 Å². The Balaban J connectivity index is 1.59. The number of nitrogens with one attached hydrogen (secondary N) is 1. The fourth-order valence-corrected chi connectivity index (χ4v) is 2.90. The molecule has 3 rings (SSSR count). The minimum atomic E-state index is 0.717. The summed E-state index contributed by atoms with van der Waals surface area (Å²) >= 11 is 1.80. The SMILES string of the molecule is Cc1ccccc1SCc1nccc(CNC2CC2)n1. The van der Waals surface area contributed by atoms with E-state index in [9.17, 15) is 0 Å². The standard InChI is InChI=1S/C16H19N3S/c1-12-4-2-3-5-15(12)20-11-16-17-9-8-14(19-16)10-18-13-6-7-13/h2-5,8-9,13,18H,6-7,10-11H2,1H3. The Morgan fingerprint density at radius 1 is 1.25 bits per heavy atom. The van der Waals surface area contributed by atoms with Gasteiger partial charge in [-0.1, -0.05) is 18.2 Å². The average molecular weight is 285 g/mol. The number of aryl methyl sites for hydroxylation is 1. The molecule has 1 saturated carbocycles. The van der Waals surface area contributed by atoms with Gasteiger partial charge >= 0.3 is 0 Å². The minimum Gasteiger partial charge on any atom is -0.308 e. The molecule has 2 aromatic rings. The van der Waals surface area contributed by atoms with Crippen LogP contribution in [0.1, 0.15) is 29.9 Å². The van der Waals surface area contributed by atoms with Crippen LogP contribution < -0.4 is 5.32 Å². The van der Waals surface area contributed by atoms with Crippen molar-refractivity contribution in [1.82, 2.24) is 15.3 Å². The second-order valence-electron chi connectivity index (χ2n) is 5.17. The van der Waals surface area contributed by atoms with E-state index in [2.05, 4.69) is 46.5 Å². The number of rotatable bonds is 6. The summed E-state index contributed by atoms with van der Waals surface area (Å²) < 4.78 is 0. The third kappa shape index (κ3) is 3.81. The van der Waals surface area contributed by atoms with Gasteiger partial charge in [-0.2, -0.15) is 0 Å². The molecule has 0 bridgehead atoms. The van der Waals surface area contributed by atoms with E-state index in [0.29, 0.717) is 0 Å². The van der Waals surface area contributed by atoms with Crippen molar-refractivity contribution in [2.24, 2.45) is 0 Å². The smallest absolute Gasteiger partial charge is 0.138 e. The van der Waals surface area contributed by atoms with Crippen molar-refractivity contribution in [3.63, 3.8) is 0 Å². The lowest BCUT2D eigenvalue weighted by molar-refractivity contribution is 0.670. The molecule has 4 heteroatoms. The first-order chi connectivity index (χ1) is 9.81. The first kappa shape index (κ1) is 13.6. The van der Waals surface area contributed by atoms with E-state index in [0.717, 1.165) is 29.9 Å². The molecule has 0 unspecified atom stereocenters. The van der Waals surface area contributed by atoms with Crippen LogP contribution in [0, 0.1) is 6.92 Å². The van der Waals surface area contributed by atoms with Crippen LogP contribution in [0.25, 0.3) is 0 Å². The highest BCUT2D eigenvalue weighted by molar-refractivity contribution is 7.98. The number of thioether (sulfide) groups is 1. The molecule has 0 spiro atoms. The van der Waals surface area contributed by atoms with Gasteiger partial charge < -0.3 is 5.32 Å². The Morgan fingerprint density at radius 2 is 2.10 bits per heavy atom. The molecule has 104 valence electrons. The molecule has 0 atom stereocenters. The van der Waals surface area contributed by atoms with Crippen molar-refractivity contribution < 1.29 is 0 Å². The molecule has 20 heavy (non-hydrogen) atoms. The number of hydrogen-bond donors (Lipinski definition) is 1. The zero-order valence-electron chi connectivity index (χ0n) is 11.7. The lowest BCUT2D eigenvalue weighted by Crippen LogP contribution is -2.16. The van der Waals surface area contributed by atoms with Crippen LogP contribution in [0.2, 0.25) is 0 Å². The summed E-state index contributed by atoms with van der Waals surface area (Å²) in [6.45, 7) is 2.99.